The predicted molar refractivity (Wildman–Crippen MR) is 72.4 cm³/mol. The van der Waals surface area contributed by atoms with E-state index in [1.807, 2.05) is 13.8 Å². The van der Waals surface area contributed by atoms with E-state index in [1.54, 1.807) is 21.0 Å². The molecule has 7 heteroatoms. The SMILES string of the molecule is CCCN(CCC)S(=O)(=O)N[C@@H](C)C(=O)N(C)C. The van der Waals surface area contributed by atoms with E-state index in [0.29, 0.717) is 13.1 Å². The first-order valence-corrected chi connectivity index (χ1v) is 7.68. The number of carbonyl (C=O) groups is 1. The normalized spacial score (nSPS) is 13.7. The smallest absolute Gasteiger partial charge is 0.280 e. The van der Waals surface area contributed by atoms with Gasteiger partial charge in [-0.1, -0.05) is 13.8 Å². The molecule has 0 aromatic rings. The van der Waals surface area contributed by atoms with Crippen molar-refractivity contribution in [1.82, 2.24) is 13.9 Å². The number of carbonyl (C=O) groups excluding carboxylic acids is 1. The van der Waals surface area contributed by atoms with E-state index in [9.17, 15) is 13.2 Å². The van der Waals surface area contributed by atoms with Gasteiger partial charge in [0.15, 0.2) is 0 Å². The molecule has 0 aromatic carbocycles. The molecule has 0 rings (SSSR count). The third-order valence-electron chi connectivity index (χ3n) is 2.42. The molecule has 0 saturated carbocycles. The number of likely N-dealkylation sites (N-methyl/N-ethyl adjacent to an activating group) is 1. The van der Waals surface area contributed by atoms with Crippen LogP contribution in [0.1, 0.15) is 33.6 Å². The first-order valence-electron chi connectivity index (χ1n) is 6.24. The van der Waals surface area contributed by atoms with Gasteiger partial charge in [0.25, 0.3) is 10.2 Å². The molecule has 0 radical (unpaired) electrons. The zero-order chi connectivity index (χ0) is 14.3. The van der Waals surface area contributed by atoms with Crippen molar-refractivity contribution < 1.29 is 13.2 Å². The Bertz CT molecular complexity index is 349. The van der Waals surface area contributed by atoms with Crippen LogP contribution in [0.5, 0.6) is 0 Å². The van der Waals surface area contributed by atoms with Crippen molar-refractivity contribution in [2.45, 2.75) is 39.7 Å². The van der Waals surface area contributed by atoms with Crippen LogP contribution >= 0.6 is 0 Å². The summed E-state index contributed by atoms with van der Waals surface area (Å²) in [7, 11) is -0.388. The van der Waals surface area contributed by atoms with Crippen LogP contribution in [0.3, 0.4) is 0 Å². The Morgan fingerprint density at radius 3 is 1.94 bits per heavy atom. The second kappa shape index (κ2) is 7.70. The molecule has 0 fully saturated rings. The fraction of sp³-hybridized carbons (Fsp3) is 0.909. The molecule has 0 bridgehead atoms. The van der Waals surface area contributed by atoms with Crippen LogP contribution in [0.2, 0.25) is 0 Å². The number of nitrogens with one attached hydrogen (secondary N) is 1. The highest BCUT2D eigenvalue weighted by molar-refractivity contribution is 7.87. The van der Waals surface area contributed by atoms with Gasteiger partial charge in [0.2, 0.25) is 5.91 Å². The molecule has 1 atom stereocenters. The average molecular weight is 279 g/mol. The molecule has 18 heavy (non-hydrogen) atoms. The van der Waals surface area contributed by atoms with Crippen molar-refractivity contribution in [2.75, 3.05) is 27.2 Å². The van der Waals surface area contributed by atoms with Crippen LogP contribution in [0.4, 0.5) is 0 Å². The Labute approximate surface area is 111 Å². The molecule has 6 nitrogen and oxygen atoms in total. The molecule has 0 aliphatic carbocycles. The number of rotatable bonds is 8. The summed E-state index contributed by atoms with van der Waals surface area (Å²) in [6, 6.07) is -0.749. The van der Waals surface area contributed by atoms with Crippen LogP contribution in [-0.4, -0.2) is 56.8 Å². The third-order valence-corrected chi connectivity index (χ3v) is 4.12. The van der Waals surface area contributed by atoms with Crippen LogP contribution < -0.4 is 4.72 Å². The number of nitrogens with zero attached hydrogens (tertiary/aromatic N) is 2. The van der Waals surface area contributed by atoms with Gasteiger partial charge < -0.3 is 4.90 Å². The molecule has 0 heterocycles. The molecule has 0 aromatic heterocycles. The van der Waals surface area contributed by atoms with Crippen molar-refractivity contribution in [3.8, 4) is 0 Å². The largest absolute Gasteiger partial charge is 0.347 e. The van der Waals surface area contributed by atoms with Gasteiger partial charge in [-0.25, -0.2) is 0 Å². The molecule has 1 amide bonds. The number of amides is 1. The van der Waals surface area contributed by atoms with Crippen LogP contribution in [0, 0.1) is 0 Å². The molecule has 1 N–H and O–H groups in total. The van der Waals surface area contributed by atoms with Crippen molar-refractivity contribution in [2.24, 2.45) is 0 Å². The summed E-state index contributed by atoms with van der Waals surface area (Å²) in [5.74, 6) is -0.258. The van der Waals surface area contributed by atoms with Gasteiger partial charge >= 0.3 is 0 Å². The van der Waals surface area contributed by atoms with E-state index in [-0.39, 0.29) is 5.91 Å². The fourth-order valence-corrected chi connectivity index (χ4v) is 3.13. The van der Waals surface area contributed by atoms with Gasteiger partial charge in [0.1, 0.15) is 0 Å². The van der Waals surface area contributed by atoms with E-state index in [2.05, 4.69) is 4.72 Å². The van der Waals surface area contributed by atoms with Crippen LogP contribution in [0.15, 0.2) is 0 Å². The number of hydrogen-bond acceptors (Lipinski definition) is 3. The maximum atomic E-state index is 12.1. The molecular weight excluding hydrogens is 254 g/mol. The summed E-state index contributed by atoms with van der Waals surface area (Å²) >= 11 is 0. The highest BCUT2D eigenvalue weighted by atomic mass is 32.2. The Kier molecular flexibility index (Phi) is 7.42. The van der Waals surface area contributed by atoms with E-state index >= 15 is 0 Å². The summed E-state index contributed by atoms with van der Waals surface area (Å²) in [6.07, 6.45) is 1.49. The molecule has 0 saturated heterocycles. The minimum absolute atomic E-state index is 0.258. The van der Waals surface area contributed by atoms with Gasteiger partial charge in [-0.15, -0.1) is 0 Å². The minimum Gasteiger partial charge on any atom is -0.347 e. The lowest BCUT2D eigenvalue weighted by Gasteiger charge is -2.24. The maximum absolute atomic E-state index is 12.1. The Morgan fingerprint density at radius 2 is 1.61 bits per heavy atom. The van der Waals surface area contributed by atoms with Crippen molar-refractivity contribution in [3.63, 3.8) is 0 Å². The predicted octanol–water partition coefficient (Wildman–Crippen LogP) is 0.420. The quantitative estimate of drug-likeness (QED) is 0.700. The van der Waals surface area contributed by atoms with Gasteiger partial charge in [-0.2, -0.15) is 17.4 Å². The first kappa shape index (κ1) is 17.3. The second-order valence-electron chi connectivity index (χ2n) is 4.48. The summed E-state index contributed by atoms with van der Waals surface area (Å²) < 4.78 is 28.0. The van der Waals surface area contributed by atoms with E-state index in [0.717, 1.165) is 12.8 Å². The molecule has 0 aliphatic heterocycles. The van der Waals surface area contributed by atoms with Crippen molar-refractivity contribution in [3.05, 3.63) is 0 Å². The lowest BCUT2D eigenvalue weighted by Crippen LogP contribution is -2.50. The second-order valence-corrected chi connectivity index (χ2v) is 6.18. The third kappa shape index (κ3) is 5.32. The molecule has 0 spiro atoms. The first-order chi connectivity index (χ1) is 8.26. The van der Waals surface area contributed by atoms with E-state index < -0.39 is 16.3 Å². The molecule has 108 valence electrons. The highest BCUT2D eigenvalue weighted by Gasteiger charge is 2.26. The van der Waals surface area contributed by atoms with Crippen LogP contribution in [-0.2, 0) is 15.0 Å². The minimum atomic E-state index is -3.59. The zero-order valence-corrected chi connectivity index (χ0v) is 12.7. The van der Waals surface area contributed by atoms with E-state index in [1.165, 1.54) is 9.21 Å². The summed E-state index contributed by atoms with van der Waals surface area (Å²) in [5.41, 5.74) is 0. The lowest BCUT2D eigenvalue weighted by molar-refractivity contribution is -0.130. The Hall–Kier alpha value is -0.660. The zero-order valence-electron chi connectivity index (χ0n) is 11.9. The molecule has 0 unspecified atom stereocenters. The molecule has 0 aliphatic rings. The standard InChI is InChI=1S/C11H25N3O3S/c1-6-8-14(9-7-2)18(16,17)12-10(3)11(15)13(4)5/h10,12H,6-9H2,1-5H3/t10-/m0/s1. The van der Waals surface area contributed by atoms with Gasteiger partial charge in [-0.05, 0) is 19.8 Å². The van der Waals surface area contributed by atoms with Crippen molar-refractivity contribution in [1.29, 1.82) is 0 Å². The highest BCUT2D eigenvalue weighted by Crippen LogP contribution is 2.03. The van der Waals surface area contributed by atoms with E-state index in [4.69, 9.17) is 0 Å². The van der Waals surface area contributed by atoms with Gasteiger partial charge in [-0.3, -0.25) is 4.79 Å². The summed E-state index contributed by atoms with van der Waals surface area (Å²) in [6.45, 7) is 6.33. The molecular formula is C11H25N3O3S. The monoisotopic (exact) mass is 279 g/mol. The van der Waals surface area contributed by atoms with Crippen LogP contribution in [0.25, 0.3) is 0 Å². The summed E-state index contributed by atoms with van der Waals surface area (Å²) in [5, 5.41) is 0. The topological polar surface area (TPSA) is 69.7 Å². The van der Waals surface area contributed by atoms with Crippen molar-refractivity contribution >= 4 is 16.1 Å². The average Bonchev–Trinajstić information content (AvgIpc) is 2.26. The van der Waals surface area contributed by atoms with Gasteiger partial charge in [0.05, 0.1) is 6.04 Å². The fourth-order valence-electron chi connectivity index (χ4n) is 1.59. The Balaban J connectivity index is 4.75. The van der Waals surface area contributed by atoms with Gasteiger partial charge in [0, 0.05) is 27.2 Å². The number of hydrogen-bond donors (Lipinski definition) is 1. The summed E-state index contributed by atoms with van der Waals surface area (Å²) in [4.78, 5) is 13.0. The lowest BCUT2D eigenvalue weighted by atomic mass is 10.3. The Morgan fingerprint density at radius 1 is 1.17 bits per heavy atom. The maximum Gasteiger partial charge on any atom is 0.280 e.